The highest BCUT2D eigenvalue weighted by atomic mass is 16.6. The lowest BCUT2D eigenvalue weighted by Gasteiger charge is -1.99. The smallest absolute Gasteiger partial charge is 0.269 e. The van der Waals surface area contributed by atoms with E-state index in [1.807, 2.05) is 35.0 Å². The standard InChI is InChI=1S/C19H15N3O3/c1-2-10-21-13-16(18-8-3-4-9-19(18)21)12-20-25-14-15-6-5-7-17(11-15)22(23)24/h1,3-9,11-13H,10,14H2/b20-12-. The maximum absolute atomic E-state index is 10.8. The SMILES string of the molecule is C#CCn1cc(/C=N\OCc2cccc([N+](=O)[O-])c2)c2ccccc21. The maximum atomic E-state index is 10.8. The van der Waals surface area contributed by atoms with Gasteiger partial charge in [-0.2, -0.15) is 0 Å². The van der Waals surface area contributed by atoms with Crippen LogP contribution in [0.1, 0.15) is 11.1 Å². The highest BCUT2D eigenvalue weighted by molar-refractivity contribution is 5.99. The normalized spacial score (nSPS) is 10.8. The number of aromatic nitrogens is 1. The second kappa shape index (κ2) is 7.32. The van der Waals surface area contributed by atoms with Crippen molar-refractivity contribution in [3.63, 3.8) is 0 Å². The number of rotatable bonds is 6. The van der Waals surface area contributed by atoms with Crippen molar-refractivity contribution in [2.24, 2.45) is 5.16 Å². The van der Waals surface area contributed by atoms with Crippen molar-refractivity contribution in [3.05, 3.63) is 76.0 Å². The Morgan fingerprint density at radius 1 is 1.28 bits per heavy atom. The molecule has 0 unspecified atom stereocenters. The summed E-state index contributed by atoms with van der Waals surface area (Å²) in [5, 5.41) is 15.8. The lowest BCUT2D eigenvalue weighted by molar-refractivity contribution is -0.384. The van der Waals surface area contributed by atoms with Crippen LogP contribution in [0.3, 0.4) is 0 Å². The molecule has 0 N–H and O–H groups in total. The molecule has 2 aromatic carbocycles. The van der Waals surface area contributed by atoms with E-state index in [1.54, 1.807) is 18.3 Å². The Bertz CT molecular complexity index is 983. The summed E-state index contributed by atoms with van der Waals surface area (Å²) >= 11 is 0. The number of nitro groups is 1. The number of para-hydroxylation sites is 1. The van der Waals surface area contributed by atoms with E-state index in [0.29, 0.717) is 12.1 Å². The third-order valence-corrected chi connectivity index (χ3v) is 3.70. The van der Waals surface area contributed by atoms with E-state index in [0.717, 1.165) is 16.5 Å². The van der Waals surface area contributed by atoms with Crippen LogP contribution in [-0.2, 0) is 18.0 Å². The molecule has 0 radical (unpaired) electrons. The minimum atomic E-state index is -0.437. The highest BCUT2D eigenvalue weighted by Gasteiger charge is 2.07. The molecule has 0 aliphatic rings. The Kier molecular flexibility index (Phi) is 4.77. The van der Waals surface area contributed by atoms with Gasteiger partial charge in [-0.1, -0.05) is 41.4 Å². The second-order valence-corrected chi connectivity index (χ2v) is 5.37. The molecule has 0 amide bonds. The number of terminal acetylenes is 1. The predicted octanol–water partition coefficient (Wildman–Crippen LogP) is 3.73. The van der Waals surface area contributed by atoms with E-state index >= 15 is 0 Å². The Hall–Kier alpha value is -3.59. The quantitative estimate of drug-likeness (QED) is 0.299. The first-order chi connectivity index (χ1) is 12.2. The number of nitro benzene ring substituents is 1. The lowest BCUT2D eigenvalue weighted by Crippen LogP contribution is -1.92. The number of fused-ring (bicyclic) bond motifs is 1. The van der Waals surface area contributed by atoms with Crippen molar-refractivity contribution in [1.29, 1.82) is 0 Å². The molecule has 0 saturated heterocycles. The summed E-state index contributed by atoms with van der Waals surface area (Å²) in [7, 11) is 0. The first-order valence-electron chi connectivity index (χ1n) is 7.59. The van der Waals surface area contributed by atoms with Gasteiger partial charge in [-0.25, -0.2) is 0 Å². The van der Waals surface area contributed by atoms with Gasteiger partial charge in [0, 0.05) is 34.8 Å². The van der Waals surface area contributed by atoms with E-state index in [1.165, 1.54) is 12.1 Å². The van der Waals surface area contributed by atoms with Gasteiger partial charge in [-0.05, 0) is 11.6 Å². The summed E-state index contributed by atoms with van der Waals surface area (Å²) < 4.78 is 1.97. The zero-order valence-electron chi connectivity index (χ0n) is 13.3. The predicted molar refractivity (Wildman–Crippen MR) is 96.3 cm³/mol. The molecule has 0 fully saturated rings. The number of hydrogen-bond acceptors (Lipinski definition) is 4. The van der Waals surface area contributed by atoms with Crippen LogP contribution in [0.5, 0.6) is 0 Å². The molecular formula is C19H15N3O3. The molecule has 0 aliphatic carbocycles. The topological polar surface area (TPSA) is 69.7 Å². The van der Waals surface area contributed by atoms with Crippen molar-refractivity contribution in [3.8, 4) is 12.3 Å². The third kappa shape index (κ3) is 3.67. The molecule has 0 saturated carbocycles. The van der Waals surface area contributed by atoms with E-state index in [2.05, 4.69) is 11.1 Å². The van der Waals surface area contributed by atoms with Gasteiger partial charge in [0.05, 0.1) is 17.7 Å². The monoisotopic (exact) mass is 333 g/mol. The zero-order chi connectivity index (χ0) is 17.6. The van der Waals surface area contributed by atoms with Gasteiger partial charge in [-0.15, -0.1) is 6.42 Å². The minimum absolute atomic E-state index is 0.0300. The van der Waals surface area contributed by atoms with Gasteiger partial charge in [0.1, 0.15) is 6.61 Å². The van der Waals surface area contributed by atoms with Crippen LogP contribution in [0.2, 0.25) is 0 Å². The van der Waals surface area contributed by atoms with Crippen LogP contribution in [0.25, 0.3) is 10.9 Å². The molecule has 6 nitrogen and oxygen atoms in total. The number of benzene rings is 2. The summed E-state index contributed by atoms with van der Waals surface area (Å²) in [5.41, 5.74) is 2.63. The van der Waals surface area contributed by atoms with E-state index in [4.69, 9.17) is 11.3 Å². The van der Waals surface area contributed by atoms with Crippen molar-refractivity contribution in [2.75, 3.05) is 0 Å². The Balaban J connectivity index is 1.73. The summed E-state index contributed by atoms with van der Waals surface area (Å²) in [5.74, 6) is 2.62. The number of nitrogens with zero attached hydrogens (tertiary/aromatic N) is 3. The Labute approximate surface area is 144 Å². The maximum Gasteiger partial charge on any atom is 0.269 e. The molecule has 0 spiro atoms. The average Bonchev–Trinajstić information content (AvgIpc) is 2.97. The highest BCUT2D eigenvalue weighted by Crippen LogP contribution is 2.20. The second-order valence-electron chi connectivity index (χ2n) is 5.37. The van der Waals surface area contributed by atoms with Gasteiger partial charge < -0.3 is 9.40 Å². The molecule has 0 aliphatic heterocycles. The molecule has 0 atom stereocenters. The third-order valence-electron chi connectivity index (χ3n) is 3.70. The molecule has 3 aromatic rings. The fraction of sp³-hybridized carbons (Fsp3) is 0.105. The molecule has 6 heteroatoms. The summed E-state index contributed by atoms with van der Waals surface area (Å²) in [6, 6.07) is 14.2. The molecule has 3 rings (SSSR count). The van der Waals surface area contributed by atoms with Crippen LogP contribution >= 0.6 is 0 Å². The van der Waals surface area contributed by atoms with Crippen molar-refractivity contribution in [1.82, 2.24) is 4.57 Å². The van der Waals surface area contributed by atoms with Gasteiger partial charge in [0.2, 0.25) is 0 Å². The first kappa shape index (κ1) is 16.3. The summed E-state index contributed by atoms with van der Waals surface area (Å²) in [4.78, 5) is 15.6. The largest absolute Gasteiger partial charge is 0.391 e. The zero-order valence-corrected chi connectivity index (χ0v) is 13.3. The average molecular weight is 333 g/mol. The number of oxime groups is 1. The van der Waals surface area contributed by atoms with Gasteiger partial charge in [0.15, 0.2) is 0 Å². The molecular weight excluding hydrogens is 318 g/mol. The van der Waals surface area contributed by atoms with Crippen molar-refractivity contribution in [2.45, 2.75) is 13.2 Å². The van der Waals surface area contributed by atoms with Crippen LogP contribution < -0.4 is 0 Å². The van der Waals surface area contributed by atoms with Crippen LogP contribution in [0, 0.1) is 22.5 Å². The summed E-state index contributed by atoms with van der Waals surface area (Å²) in [6.07, 6.45) is 8.94. The molecule has 124 valence electrons. The fourth-order valence-electron chi connectivity index (χ4n) is 2.57. The number of non-ortho nitro benzene ring substituents is 1. The number of hydrogen-bond donors (Lipinski definition) is 0. The lowest BCUT2D eigenvalue weighted by atomic mass is 10.2. The first-order valence-corrected chi connectivity index (χ1v) is 7.59. The van der Waals surface area contributed by atoms with Crippen molar-refractivity contribution >= 4 is 22.8 Å². The summed E-state index contributed by atoms with van der Waals surface area (Å²) in [6.45, 7) is 0.629. The van der Waals surface area contributed by atoms with Gasteiger partial charge in [-0.3, -0.25) is 10.1 Å². The Morgan fingerprint density at radius 3 is 2.92 bits per heavy atom. The molecule has 0 bridgehead atoms. The van der Waals surface area contributed by atoms with E-state index in [-0.39, 0.29) is 12.3 Å². The van der Waals surface area contributed by atoms with E-state index < -0.39 is 4.92 Å². The van der Waals surface area contributed by atoms with Gasteiger partial charge >= 0.3 is 0 Å². The van der Waals surface area contributed by atoms with Gasteiger partial charge in [0.25, 0.3) is 5.69 Å². The minimum Gasteiger partial charge on any atom is -0.391 e. The fourth-order valence-corrected chi connectivity index (χ4v) is 2.57. The molecule has 25 heavy (non-hydrogen) atoms. The molecule has 1 aromatic heterocycles. The van der Waals surface area contributed by atoms with Crippen LogP contribution in [-0.4, -0.2) is 15.7 Å². The van der Waals surface area contributed by atoms with E-state index in [9.17, 15) is 10.1 Å². The van der Waals surface area contributed by atoms with Crippen LogP contribution in [0.4, 0.5) is 5.69 Å². The van der Waals surface area contributed by atoms with Crippen molar-refractivity contribution < 1.29 is 9.76 Å². The van der Waals surface area contributed by atoms with Crippen LogP contribution in [0.15, 0.2) is 59.9 Å². The molecule has 1 heterocycles. The Morgan fingerprint density at radius 2 is 2.12 bits per heavy atom.